The minimum absolute atomic E-state index is 0.335. The summed E-state index contributed by atoms with van der Waals surface area (Å²) in [6.07, 6.45) is 12.2. The zero-order valence-corrected chi connectivity index (χ0v) is 13.0. The molecule has 0 radical (unpaired) electrons. The standard InChI is InChI=1S/C17H33NO/c1-3-12-18-16-8-10-17(19,11-9-16)15-7-5-6-14(4-2)13-15/h14-16,18-19H,3-13H2,1-2H3. The fourth-order valence-electron chi connectivity index (χ4n) is 4.23. The molecule has 0 aromatic heterocycles. The average molecular weight is 267 g/mol. The largest absolute Gasteiger partial charge is 0.390 e. The number of hydrogen-bond acceptors (Lipinski definition) is 2. The van der Waals surface area contributed by atoms with Crippen LogP contribution >= 0.6 is 0 Å². The highest BCUT2D eigenvalue weighted by atomic mass is 16.3. The number of nitrogens with one attached hydrogen (secondary N) is 1. The van der Waals surface area contributed by atoms with Crippen LogP contribution in [0.2, 0.25) is 0 Å². The molecule has 0 aromatic carbocycles. The number of aliphatic hydroxyl groups is 1. The molecule has 0 saturated heterocycles. The average Bonchev–Trinajstić information content (AvgIpc) is 2.47. The summed E-state index contributed by atoms with van der Waals surface area (Å²) < 4.78 is 0. The topological polar surface area (TPSA) is 32.3 Å². The molecule has 2 fully saturated rings. The zero-order chi connectivity index (χ0) is 13.7. The first kappa shape index (κ1) is 15.3. The summed E-state index contributed by atoms with van der Waals surface area (Å²) in [5, 5.41) is 14.6. The van der Waals surface area contributed by atoms with Gasteiger partial charge in [0.25, 0.3) is 0 Å². The molecule has 2 aliphatic carbocycles. The predicted molar refractivity (Wildman–Crippen MR) is 81.2 cm³/mol. The van der Waals surface area contributed by atoms with Gasteiger partial charge >= 0.3 is 0 Å². The quantitative estimate of drug-likeness (QED) is 0.792. The smallest absolute Gasteiger partial charge is 0.0677 e. The van der Waals surface area contributed by atoms with Crippen LogP contribution in [-0.2, 0) is 0 Å². The normalized spacial score (nSPS) is 40.3. The fourth-order valence-corrected chi connectivity index (χ4v) is 4.23. The van der Waals surface area contributed by atoms with Gasteiger partial charge in [-0.25, -0.2) is 0 Å². The fraction of sp³-hybridized carbons (Fsp3) is 1.00. The van der Waals surface area contributed by atoms with E-state index in [0.717, 1.165) is 25.3 Å². The first-order valence-electron chi connectivity index (χ1n) is 8.63. The van der Waals surface area contributed by atoms with Gasteiger partial charge in [0.05, 0.1) is 5.60 Å². The van der Waals surface area contributed by atoms with E-state index in [2.05, 4.69) is 19.2 Å². The van der Waals surface area contributed by atoms with Gasteiger partial charge in [-0.15, -0.1) is 0 Å². The lowest BCUT2D eigenvalue weighted by Gasteiger charge is -2.45. The van der Waals surface area contributed by atoms with Crippen LogP contribution in [0.25, 0.3) is 0 Å². The second-order valence-corrected chi connectivity index (χ2v) is 6.97. The van der Waals surface area contributed by atoms with Gasteiger partial charge in [-0.3, -0.25) is 0 Å². The van der Waals surface area contributed by atoms with E-state index in [9.17, 15) is 5.11 Å². The molecule has 0 heterocycles. The van der Waals surface area contributed by atoms with Crippen LogP contribution in [0, 0.1) is 11.8 Å². The molecular formula is C17H33NO. The lowest BCUT2D eigenvalue weighted by Crippen LogP contribution is -2.47. The van der Waals surface area contributed by atoms with Crippen molar-refractivity contribution in [2.24, 2.45) is 11.8 Å². The second kappa shape index (κ2) is 7.08. The Morgan fingerprint density at radius 2 is 1.84 bits per heavy atom. The van der Waals surface area contributed by atoms with Crippen LogP contribution in [0.15, 0.2) is 0 Å². The van der Waals surface area contributed by atoms with E-state index in [1.165, 1.54) is 51.4 Å². The van der Waals surface area contributed by atoms with E-state index in [1.807, 2.05) is 0 Å². The molecule has 2 atom stereocenters. The SMILES string of the molecule is CCCNC1CCC(O)(C2CCCC(CC)C2)CC1. The van der Waals surface area contributed by atoms with Gasteiger partial charge in [0.2, 0.25) is 0 Å². The first-order chi connectivity index (χ1) is 9.18. The molecule has 0 spiro atoms. The third kappa shape index (κ3) is 3.95. The summed E-state index contributed by atoms with van der Waals surface area (Å²) in [5.41, 5.74) is -0.335. The van der Waals surface area contributed by atoms with Gasteiger partial charge in [0.1, 0.15) is 0 Å². The van der Waals surface area contributed by atoms with Gasteiger partial charge in [0, 0.05) is 6.04 Å². The molecule has 2 unspecified atom stereocenters. The molecule has 19 heavy (non-hydrogen) atoms. The lowest BCUT2D eigenvalue weighted by atomic mass is 9.66. The van der Waals surface area contributed by atoms with Crippen molar-refractivity contribution in [1.82, 2.24) is 5.32 Å². The minimum Gasteiger partial charge on any atom is -0.390 e. The molecule has 2 aliphatic rings. The Morgan fingerprint density at radius 3 is 2.47 bits per heavy atom. The maximum absolute atomic E-state index is 11.0. The van der Waals surface area contributed by atoms with Crippen LogP contribution in [0.5, 0.6) is 0 Å². The Kier molecular flexibility index (Phi) is 5.70. The lowest BCUT2D eigenvalue weighted by molar-refractivity contribution is -0.0729. The Morgan fingerprint density at radius 1 is 1.11 bits per heavy atom. The monoisotopic (exact) mass is 267 g/mol. The summed E-state index contributed by atoms with van der Waals surface area (Å²) in [6, 6.07) is 0.658. The van der Waals surface area contributed by atoms with E-state index in [-0.39, 0.29) is 5.60 Å². The van der Waals surface area contributed by atoms with Crippen molar-refractivity contribution < 1.29 is 5.11 Å². The van der Waals surface area contributed by atoms with Crippen molar-refractivity contribution in [2.45, 2.75) is 89.7 Å². The van der Waals surface area contributed by atoms with Crippen molar-refractivity contribution >= 4 is 0 Å². The molecule has 112 valence electrons. The molecule has 2 N–H and O–H groups in total. The van der Waals surface area contributed by atoms with Crippen LogP contribution < -0.4 is 5.32 Å². The summed E-state index contributed by atoms with van der Waals surface area (Å²) >= 11 is 0. The van der Waals surface area contributed by atoms with Gasteiger partial charge in [-0.05, 0) is 63.3 Å². The van der Waals surface area contributed by atoms with E-state index in [4.69, 9.17) is 0 Å². The second-order valence-electron chi connectivity index (χ2n) is 6.97. The Bertz CT molecular complexity index is 258. The predicted octanol–water partition coefficient (Wildman–Crippen LogP) is 3.88. The molecule has 2 nitrogen and oxygen atoms in total. The van der Waals surface area contributed by atoms with Gasteiger partial charge in [-0.2, -0.15) is 0 Å². The Labute approximate surface area is 119 Å². The number of hydrogen-bond donors (Lipinski definition) is 2. The molecule has 0 amide bonds. The van der Waals surface area contributed by atoms with Gasteiger partial charge < -0.3 is 10.4 Å². The van der Waals surface area contributed by atoms with Crippen molar-refractivity contribution in [3.05, 3.63) is 0 Å². The highest BCUT2D eigenvalue weighted by Gasteiger charge is 2.41. The van der Waals surface area contributed by atoms with Crippen LogP contribution in [-0.4, -0.2) is 23.3 Å². The summed E-state index contributed by atoms with van der Waals surface area (Å²) in [7, 11) is 0. The maximum Gasteiger partial charge on any atom is 0.0677 e. The molecule has 2 heteroatoms. The third-order valence-corrected chi connectivity index (χ3v) is 5.65. The maximum atomic E-state index is 11.0. The van der Waals surface area contributed by atoms with E-state index in [1.54, 1.807) is 0 Å². The van der Waals surface area contributed by atoms with Crippen LogP contribution in [0.4, 0.5) is 0 Å². The summed E-state index contributed by atoms with van der Waals surface area (Å²) in [5.74, 6) is 1.46. The van der Waals surface area contributed by atoms with Crippen molar-refractivity contribution in [3.8, 4) is 0 Å². The van der Waals surface area contributed by atoms with E-state index in [0.29, 0.717) is 12.0 Å². The third-order valence-electron chi connectivity index (χ3n) is 5.65. The zero-order valence-electron chi connectivity index (χ0n) is 13.0. The van der Waals surface area contributed by atoms with Crippen molar-refractivity contribution in [3.63, 3.8) is 0 Å². The van der Waals surface area contributed by atoms with Crippen LogP contribution in [0.1, 0.15) is 78.1 Å². The van der Waals surface area contributed by atoms with E-state index < -0.39 is 0 Å². The summed E-state index contributed by atoms with van der Waals surface area (Å²) in [6.45, 7) is 5.66. The molecular weight excluding hydrogens is 234 g/mol. The Hall–Kier alpha value is -0.0800. The minimum atomic E-state index is -0.335. The molecule has 0 aromatic rings. The first-order valence-corrected chi connectivity index (χ1v) is 8.63. The molecule has 2 rings (SSSR count). The van der Waals surface area contributed by atoms with Crippen molar-refractivity contribution in [2.75, 3.05) is 6.54 Å². The molecule has 0 bridgehead atoms. The molecule has 2 saturated carbocycles. The summed E-state index contributed by atoms with van der Waals surface area (Å²) in [4.78, 5) is 0. The molecule has 0 aliphatic heterocycles. The van der Waals surface area contributed by atoms with Crippen LogP contribution in [0.3, 0.4) is 0 Å². The van der Waals surface area contributed by atoms with Crippen molar-refractivity contribution in [1.29, 1.82) is 0 Å². The van der Waals surface area contributed by atoms with Gasteiger partial charge in [0.15, 0.2) is 0 Å². The highest BCUT2D eigenvalue weighted by Crippen LogP contribution is 2.43. The van der Waals surface area contributed by atoms with Gasteiger partial charge in [-0.1, -0.05) is 33.1 Å². The Balaban J connectivity index is 1.83. The van der Waals surface area contributed by atoms with E-state index >= 15 is 0 Å². The number of rotatable bonds is 5. The highest BCUT2D eigenvalue weighted by molar-refractivity contribution is 4.95.